The molecule has 0 saturated heterocycles. The van der Waals surface area contributed by atoms with Crippen LogP contribution >= 0.6 is 0 Å². The van der Waals surface area contributed by atoms with Crippen molar-refractivity contribution in [2.45, 2.75) is 12.5 Å². The molecule has 0 aliphatic carbocycles. The van der Waals surface area contributed by atoms with E-state index in [2.05, 4.69) is 4.90 Å². The van der Waals surface area contributed by atoms with Crippen molar-refractivity contribution in [2.24, 2.45) is 0 Å². The molecule has 0 aromatic heterocycles. The standard InChI is InChI=1S/C29H25NO5/c31-29(32)28(34-23-8-2-1-3-9-23)20-21-14-16-22(17-15-21)33-19-18-30-24-10-4-6-12-26(24)35-27-13-7-5-11-25(27)30/h1-17,28H,18-20H2,(H,31,32). The van der Waals surface area contributed by atoms with Crippen molar-refractivity contribution >= 4 is 17.3 Å². The van der Waals surface area contributed by atoms with Crippen LogP contribution in [0, 0.1) is 0 Å². The Hall–Kier alpha value is -4.45. The third kappa shape index (κ3) is 5.22. The van der Waals surface area contributed by atoms with Crippen LogP contribution in [0.1, 0.15) is 5.56 Å². The molecule has 1 unspecified atom stereocenters. The maximum Gasteiger partial charge on any atom is 0.345 e. The van der Waals surface area contributed by atoms with Gasteiger partial charge in [-0.2, -0.15) is 0 Å². The van der Waals surface area contributed by atoms with Crippen LogP contribution < -0.4 is 19.1 Å². The summed E-state index contributed by atoms with van der Waals surface area (Å²) >= 11 is 0. The number of carboxylic acid groups (broad SMARTS) is 1. The number of fused-ring (bicyclic) bond motifs is 2. The molecule has 35 heavy (non-hydrogen) atoms. The van der Waals surface area contributed by atoms with E-state index in [4.69, 9.17) is 14.2 Å². The summed E-state index contributed by atoms with van der Waals surface area (Å²) < 4.78 is 17.7. The number of rotatable bonds is 9. The van der Waals surface area contributed by atoms with E-state index < -0.39 is 12.1 Å². The van der Waals surface area contributed by atoms with Crippen molar-refractivity contribution in [1.29, 1.82) is 0 Å². The quantitative estimate of drug-likeness (QED) is 0.322. The number of carbonyl (C=O) groups is 1. The summed E-state index contributed by atoms with van der Waals surface area (Å²) in [5.41, 5.74) is 2.86. The molecule has 0 bridgehead atoms. The van der Waals surface area contributed by atoms with Gasteiger partial charge in [0.15, 0.2) is 17.6 Å². The largest absolute Gasteiger partial charge is 0.492 e. The van der Waals surface area contributed by atoms with Crippen LogP contribution in [0.2, 0.25) is 0 Å². The van der Waals surface area contributed by atoms with Crippen LogP contribution in [0.5, 0.6) is 23.0 Å². The zero-order valence-corrected chi connectivity index (χ0v) is 19.0. The molecule has 1 aliphatic rings. The minimum Gasteiger partial charge on any atom is -0.492 e. The Balaban J connectivity index is 1.21. The molecule has 0 radical (unpaired) electrons. The number of carboxylic acids is 1. The highest BCUT2D eigenvalue weighted by Gasteiger charge is 2.23. The van der Waals surface area contributed by atoms with Crippen molar-refractivity contribution in [1.82, 2.24) is 0 Å². The smallest absolute Gasteiger partial charge is 0.345 e. The molecule has 4 aromatic carbocycles. The van der Waals surface area contributed by atoms with E-state index in [1.165, 1.54) is 0 Å². The number of ether oxygens (including phenoxy) is 3. The molecule has 6 heteroatoms. The van der Waals surface area contributed by atoms with Crippen molar-refractivity contribution in [3.63, 3.8) is 0 Å². The fourth-order valence-corrected chi connectivity index (χ4v) is 4.06. The molecule has 0 saturated carbocycles. The monoisotopic (exact) mass is 467 g/mol. The molecule has 1 N–H and O–H groups in total. The zero-order valence-electron chi connectivity index (χ0n) is 19.0. The molecular formula is C29H25NO5. The summed E-state index contributed by atoms with van der Waals surface area (Å²) in [7, 11) is 0. The van der Waals surface area contributed by atoms with Crippen LogP contribution in [-0.2, 0) is 11.2 Å². The molecule has 4 aromatic rings. The highest BCUT2D eigenvalue weighted by Crippen LogP contribution is 2.45. The number of hydrogen-bond acceptors (Lipinski definition) is 5. The molecule has 6 nitrogen and oxygen atoms in total. The van der Waals surface area contributed by atoms with Crippen molar-refractivity contribution in [3.05, 3.63) is 109 Å². The lowest BCUT2D eigenvalue weighted by Gasteiger charge is -2.32. The molecule has 0 amide bonds. The zero-order chi connectivity index (χ0) is 24.0. The predicted molar refractivity (Wildman–Crippen MR) is 134 cm³/mol. The van der Waals surface area contributed by atoms with Gasteiger partial charge in [-0.1, -0.05) is 54.6 Å². The Morgan fingerprint density at radius 1 is 0.771 bits per heavy atom. The number of benzene rings is 4. The third-order valence-corrected chi connectivity index (χ3v) is 5.76. The molecule has 0 spiro atoms. The maximum atomic E-state index is 11.7. The normalized spacial score (nSPS) is 12.6. The first-order chi connectivity index (χ1) is 17.2. The first kappa shape index (κ1) is 22.3. The molecule has 1 heterocycles. The average molecular weight is 468 g/mol. The highest BCUT2D eigenvalue weighted by molar-refractivity contribution is 5.77. The summed E-state index contributed by atoms with van der Waals surface area (Å²) in [5.74, 6) is 1.90. The third-order valence-electron chi connectivity index (χ3n) is 5.76. The minimum atomic E-state index is -1.000. The summed E-state index contributed by atoms with van der Waals surface area (Å²) in [6.45, 7) is 1.11. The first-order valence-electron chi connectivity index (χ1n) is 11.5. The van der Waals surface area contributed by atoms with Gasteiger partial charge in [0.25, 0.3) is 0 Å². The topological polar surface area (TPSA) is 68.2 Å². The Morgan fingerprint density at radius 2 is 1.37 bits per heavy atom. The van der Waals surface area contributed by atoms with Gasteiger partial charge in [-0.05, 0) is 54.1 Å². The van der Waals surface area contributed by atoms with Gasteiger partial charge in [-0.3, -0.25) is 0 Å². The van der Waals surface area contributed by atoms with Gasteiger partial charge in [0.05, 0.1) is 17.9 Å². The van der Waals surface area contributed by atoms with Gasteiger partial charge in [0.1, 0.15) is 18.1 Å². The number of para-hydroxylation sites is 5. The van der Waals surface area contributed by atoms with Gasteiger partial charge in [-0.25, -0.2) is 4.79 Å². The molecular weight excluding hydrogens is 442 g/mol. The fraction of sp³-hybridized carbons (Fsp3) is 0.138. The van der Waals surface area contributed by atoms with Gasteiger partial charge in [-0.15, -0.1) is 0 Å². The maximum absolute atomic E-state index is 11.7. The highest BCUT2D eigenvalue weighted by atomic mass is 16.5. The van der Waals surface area contributed by atoms with E-state index >= 15 is 0 Å². The summed E-state index contributed by atoms with van der Waals surface area (Å²) in [6.07, 6.45) is -0.711. The summed E-state index contributed by atoms with van der Waals surface area (Å²) in [4.78, 5) is 13.9. The second-order valence-electron chi connectivity index (χ2n) is 8.14. The van der Waals surface area contributed by atoms with Crippen LogP contribution in [0.25, 0.3) is 0 Å². The lowest BCUT2D eigenvalue weighted by atomic mass is 10.1. The molecule has 5 rings (SSSR count). The number of nitrogens with zero attached hydrogens (tertiary/aromatic N) is 1. The van der Waals surface area contributed by atoms with Crippen molar-refractivity contribution < 1.29 is 24.1 Å². The van der Waals surface area contributed by atoms with Gasteiger partial charge in [0.2, 0.25) is 0 Å². The van der Waals surface area contributed by atoms with Crippen molar-refractivity contribution in [2.75, 3.05) is 18.1 Å². The molecule has 0 fully saturated rings. The summed E-state index contributed by atoms with van der Waals surface area (Å²) in [6, 6.07) is 32.4. The second kappa shape index (κ2) is 10.2. The van der Waals surface area contributed by atoms with E-state index in [1.807, 2.05) is 91.0 Å². The second-order valence-corrected chi connectivity index (χ2v) is 8.14. The molecule has 1 aliphatic heterocycles. The fourth-order valence-electron chi connectivity index (χ4n) is 4.06. The van der Waals surface area contributed by atoms with Crippen LogP contribution in [0.4, 0.5) is 11.4 Å². The summed E-state index contributed by atoms with van der Waals surface area (Å²) in [5, 5.41) is 9.57. The Bertz CT molecular complexity index is 1240. The lowest BCUT2D eigenvalue weighted by molar-refractivity contribution is -0.145. The number of anilines is 2. The number of aliphatic carboxylic acids is 1. The van der Waals surface area contributed by atoms with E-state index in [1.54, 1.807) is 12.1 Å². The van der Waals surface area contributed by atoms with Gasteiger partial charge >= 0.3 is 5.97 Å². The van der Waals surface area contributed by atoms with Gasteiger partial charge in [0, 0.05) is 6.42 Å². The lowest BCUT2D eigenvalue weighted by Crippen LogP contribution is -2.29. The van der Waals surface area contributed by atoms with E-state index in [-0.39, 0.29) is 6.42 Å². The Morgan fingerprint density at radius 3 is 2.00 bits per heavy atom. The van der Waals surface area contributed by atoms with Gasteiger partial charge < -0.3 is 24.2 Å². The molecule has 176 valence electrons. The van der Waals surface area contributed by atoms with Crippen LogP contribution in [0.15, 0.2) is 103 Å². The van der Waals surface area contributed by atoms with E-state index in [9.17, 15) is 9.90 Å². The predicted octanol–water partition coefficient (Wildman–Crippen LogP) is 6.08. The Labute approximate surface area is 203 Å². The van der Waals surface area contributed by atoms with E-state index in [0.29, 0.717) is 18.9 Å². The van der Waals surface area contributed by atoms with Crippen molar-refractivity contribution in [3.8, 4) is 23.0 Å². The SMILES string of the molecule is O=C(O)C(Cc1ccc(OCCN2c3ccccc3Oc3ccccc32)cc1)Oc1ccccc1. The van der Waals surface area contributed by atoms with Crippen LogP contribution in [-0.4, -0.2) is 30.3 Å². The molecule has 1 atom stereocenters. The average Bonchev–Trinajstić information content (AvgIpc) is 2.89. The Kier molecular flexibility index (Phi) is 6.52. The van der Waals surface area contributed by atoms with Crippen LogP contribution in [0.3, 0.4) is 0 Å². The number of hydrogen-bond donors (Lipinski definition) is 1. The van der Waals surface area contributed by atoms with E-state index in [0.717, 1.165) is 34.2 Å². The first-order valence-corrected chi connectivity index (χ1v) is 11.5. The minimum absolute atomic E-state index is 0.256.